The number of thiophene rings is 1. The number of piperazine rings is 1. The normalized spacial score (nSPS) is 18.9. The van der Waals surface area contributed by atoms with Crippen molar-refractivity contribution in [3.8, 4) is 11.1 Å². The molecule has 0 bridgehead atoms. The highest BCUT2D eigenvalue weighted by Crippen LogP contribution is 2.32. The van der Waals surface area contributed by atoms with E-state index >= 15 is 0 Å². The molecule has 2 fully saturated rings. The van der Waals surface area contributed by atoms with Gasteiger partial charge in [-0.05, 0) is 103 Å². The van der Waals surface area contributed by atoms with Gasteiger partial charge in [-0.1, -0.05) is 19.4 Å². The van der Waals surface area contributed by atoms with Gasteiger partial charge in [0.2, 0.25) is 10.0 Å². The first-order valence-corrected chi connectivity index (χ1v) is 17.3. The van der Waals surface area contributed by atoms with Gasteiger partial charge >= 0.3 is 0 Å². The van der Waals surface area contributed by atoms with Crippen molar-refractivity contribution in [2.45, 2.75) is 56.4 Å². The van der Waals surface area contributed by atoms with Crippen LogP contribution in [-0.4, -0.2) is 72.9 Å². The van der Waals surface area contributed by atoms with Gasteiger partial charge in [0.05, 0.1) is 10.4 Å². The van der Waals surface area contributed by atoms with E-state index in [9.17, 15) is 8.42 Å². The van der Waals surface area contributed by atoms with Gasteiger partial charge in [0.1, 0.15) is 5.82 Å². The van der Waals surface area contributed by atoms with Crippen LogP contribution in [0.1, 0.15) is 44.7 Å². The van der Waals surface area contributed by atoms with Gasteiger partial charge in [0, 0.05) is 56.0 Å². The molecule has 2 saturated heterocycles. The number of hydrogen-bond acceptors (Lipinski definition) is 7. The van der Waals surface area contributed by atoms with Crippen LogP contribution in [0.4, 0.5) is 5.82 Å². The Balaban J connectivity index is 1.09. The Hall–Kier alpha value is -2.85. The van der Waals surface area contributed by atoms with E-state index in [1.165, 1.54) is 16.8 Å². The molecule has 3 aromatic heterocycles. The van der Waals surface area contributed by atoms with Gasteiger partial charge < -0.3 is 4.90 Å². The predicted octanol–water partition coefficient (Wildman–Crippen LogP) is 6.07. The van der Waals surface area contributed by atoms with Crippen molar-refractivity contribution < 1.29 is 8.42 Å². The zero-order chi connectivity index (χ0) is 28.2. The van der Waals surface area contributed by atoms with Crippen LogP contribution >= 0.6 is 11.3 Å². The van der Waals surface area contributed by atoms with E-state index in [0.717, 1.165) is 82.6 Å². The Kier molecular flexibility index (Phi) is 8.67. The highest BCUT2D eigenvalue weighted by Gasteiger charge is 2.36. The lowest BCUT2D eigenvalue weighted by Crippen LogP contribution is -2.48. The van der Waals surface area contributed by atoms with Crippen LogP contribution < -0.4 is 4.90 Å². The molecule has 2 aliphatic heterocycles. The molecule has 0 amide bonds. The van der Waals surface area contributed by atoms with Crippen molar-refractivity contribution in [1.82, 2.24) is 19.2 Å². The number of sulfonamides is 1. The van der Waals surface area contributed by atoms with Crippen LogP contribution in [0, 0.1) is 0 Å². The van der Waals surface area contributed by atoms with Crippen LogP contribution in [-0.2, 0) is 16.4 Å². The highest BCUT2D eigenvalue weighted by molar-refractivity contribution is 7.89. The van der Waals surface area contributed by atoms with E-state index in [4.69, 9.17) is 4.98 Å². The number of aromatic nitrogens is 2. The number of benzene rings is 1. The van der Waals surface area contributed by atoms with Crippen molar-refractivity contribution >= 4 is 38.1 Å². The molecular formula is C32H39N5O2S2. The van der Waals surface area contributed by atoms with Gasteiger partial charge in [0.25, 0.3) is 0 Å². The number of rotatable bonds is 10. The van der Waals surface area contributed by atoms with E-state index in [1.807, 2.05) is 18.2 Å². The first-order valence-electron chi connectivity index (χ1n) is 14.9. The first-order chi connectivity index (χ1) is 20.0. The van der Waals surface area contributed by atoms with Crippen LogP contribution in [0.5, 0.6) is 0 Å². The molecule has 0 aliphatic carbocycles. The Morgan fingerprint density at radius 1 is 1.00 bits per heavy atom. The smallest absolute Gasteiger partial charge is 0.243 e. The van der Waals surface area contributed by atoms with E-state index in [2.05, 4.69) is 50.7 Å². The summed E-state index contributed by atoms with van der Waals surface area (Å²) in [5.41, 5.74) is 4.42. The summed E-state index contributed by atoms with van der Waals surface area (Å²) in [5.74, 6) is 1.08. The lowest BCUT2D eigenvalue weighted by Gasteiger charge is -2.36. The molecule has 9 heteroatoms. The quantitative estimate of drug-likeness (QED) is 0.224. The third kappa shape index (κ3) is 6.18. The zero-order valence-electron chi connectivity index (χ0n) is 23.8. The minimum Gasteiger partial charge on any atom is -0.354 e. The second kappa shape index (κ2) is 12.6. The van der Waals surface area contributed by atoms with E-state index in [-0.39, 0.29) is 6.04 Å². The maximum absolute atomic E-state index is 13.8. The van der Waals surface area contributed by atoms with Crippen LogP contribution in [0.15, 0.2) is 70.4 Å². The predicted molar refractivity (Wildman–Crippen MR) is 168 cm³/mol. The summed E-state index contributed by atoms with van der Waals surface area (Å²) in [5, 5.41) is 5.05. The second-order valence-electron chi connectivity index (χ2n) is 11.2. The zero-order valence-corrected chi connectivity index (χ0v) is 25.4. The summed E-state index contributed by atoms with van der Waals surface area (Å²) in [6.45, 7) is 7.51. The number of anilines is 1. The SMILES string of the molecule is CCCCc1cc(-c2ccsc2)cc(N2CCN(CC[C@@H]3CCCN3S(=O)(=O)c3cccc4ncccc34)CC2)n1. The highest BCUT2D eigenvalue weighted by atomic mass is 32.2. The van der Waals surface area contributed by atoms with Crippen LogP contribution in [0.25, 0.3) is 22.0 Å². The maximum Gasteiger partial charge on any atom is 0.243 e. The van der Waals surface area contributed by atoms with Gasteiger partial charge in [-0.25, -0.2) is 13.4 Å². The Morgan fingerprint density at radius 2 is 1.88 bits per heavy atom. The van der Waals surface area contributed by atoms with Gasteiger partial charge in [-0.2, -0.15) is 15.6 Å². The fourth-order valence-electron chi connectivity index (χ4n) is 6.19. The first kappa shape index (κ1) is 28.3. The van der Waals surface area contributed by atoms with Crippen molar-refractivity contribution in [2.75, 3.05) is 44.2 Å². The molecule has 4 aromatic rings. The molecule has 7 nitrogen and oxygen atoms in total. The van der Waals surface area contributed by atoms with Crippen molar-refractivity contribution in [1.29, 1.82) is 0 Å². The summed E-state index contributed by atoms with van der Waals surface area (Å²) >= 11 is 1.73. The molecule has 5 heterocycles. The summed E-state index contributed by atoms with van der Waals surface area (Å²) < 4.78 is 29.3. The third-order valence-corrected chi connectivity index (χ3v) is 11.2. The Morgan fingerprint density at radius 3 is 2.68 bits per heavy atom. The molecular weight excluding hydrogens is 551 g/mol. The number of pyridine rings is 2. The topological polar surface area (TPSA) is 69.6 Å². The molecule has 0 spiro atoms. The fourth-order valence-corrected chi connectivity index (χ4v) is 8.78. The summed E-state index contributed by atoms with van der Waals surface area (Å²) in [6.07, 6.45) is 7.72. The van der Waals surface area contributed by atoms with Crippen molar-refractivity contribution in [2.24, 2.45) is 0 Å². The lowest BCUT2D eigenvalue weighted by molar-refractivity contribution is 0.231. The molecule has 1 atom stereocenters. The fraction of sp³-hybridized carbons (Fsp3) is 0.438. The van der Waals surface area contributed by atoms with Crippen LogP contribution in [0.2, 0.25) is 0 Å². The minimum absolute atomic E-state index is 0.0371. The van der Waals surface area contributed by atoms with Gasteiger partial charge in [-0.15, -0.1) is 0 Å². The summed E-state index contributed by atoms with van der Waals surface area (Å²) in [6, 6.07) is 15.8. The molecule has 41 heavy (non-hydrogen) atoms. The molecule has 2 aliphatic rings. The lowest BCUT2D eigenvalue weighted by atomic mass is 10.1. The average molecular weight is 590 g/mol. The summed E-state index contributed by atoms with van der Waals surface area (Å²) in [7, 11) is -3.59. The van der Waals surface area contributed by atoms with Crippen molar-refractivity contribution in [3.05, 3.63) is 71.2 Å². The van der Waals surface area contributed by atoms with Gasteiger partial charge in [-0.3, -0.25) is 9.88 Å². The molecule has 6 rings (SSSR count). The van der Waals surface area contributed by atoms with E-state index < -0.39 is 10.0 Å². The minimum atomic E-state index is -3.59. The average Bonchev–Trinajstić information content (AvgIpc) is 3.72. The standard InChI is InChI=1S/C32H39N5O2S2/c1-2-3-7-27-22-26(25-13-21-40-24-25)23-32(34-27)36-19-17-35(18-20-36)16-12-28-8-6-15-37(28)41(38,39)31-11-4-10-30-29(31)9-5-14-33-30/h4-5,9-11,13-14,21-24,28H,2-3,6-8,12,15-20H2,1H3/t28-/m0/s1. The Labute approximate surface area is 247 Å². The summed E-state index contributed by atoms with van der Waals surface area (Å²) in [4.78, 5) is 14.7. The molecule has 0 radical (unpaired) electrons. The molecule has 216 valence electrons. The van der Waals surface area contributed by atoms with Crippen molar-refractivity contribution in [3.63, 3.8) is 0 Å². The monoisotopic (exact) mass is 589 g/mol. The number of unbranched alkanes of at least 4 members (excludes halogenated alkanes) is 1. The van der Waals surface area contributed by atoms with E-state index in [0.29, 0.717) is 16.8 Å². The molecule has 0 N–H and O–H groups in total. The molecule has 1 aromatic carbocycles. The largest absolute Gasteiger partial charge is 0.354 e. The number of aryl methyl sites for hydroxylation is 1. The maximum atomic E-state index is 13.8. The number of fused-ring (bicyclic) bond motifs is 1. The number of hydrogen-bond donors (Lipinski definition) is 0. The van der Waals surface area contributed by atoms with Gasteiger partial charge in [0.15, 0.2) is 0 Å². The van der Waals surface area contributed by atoms with Crippen LogP contribution in [0.3, 0.4) is 0 Å². The second-order valence-corrected chi connectivity index (χ2v) is 13.8. The number of nitrogens with zero attached hydrogens (tertiary/aromatic N) is 5. The Bertz CT molecular complexity index is 1560. The molecule has 0 unspecified atom stereocenters. The third-order valence-electron chi connectivity index (χ3n) is 8.50. The van der Waals surface area contributed by atoms with E-state index in [1.54, 1.807) is 34.0 Å². The molecule has 0 saturated carbocycles.